The van der Waals surface area contributed by atoms with Crippen molar-refractivity contribution in [3.63, 3.8) is 0 Å². The third-order valence-electron chi connectivity index (χ3n) is 2.06. The van der Waals surface area contributed by atoms with Crippen LogP contribution in [0.15, 0.2) is 17.3 Å². The summed E-state index contributed by atoms with van der Waals surface area (Å²) < 4.78 is 0. The second-order valence-electron chi connectivity index (χ2n) is 2.85. The highest BCUT2D eigenvalue weighted by molar-refractivity contribution is 7.99. The first-order chi connectivity index (χ1) is 5.38. The average molecular weight is 166 g/mol. The Hall–Kier alpha value is -0.570. The van der Waals surface area contributed by atoms with Crippen molar-refractivity contribution in [1.82, 2.24) is 10.2 Å². The molecule has 1 aliphatic rings. The summed E-state index contributed by atoms with van der Waals surface area (Å²) in [5.74, 6) is 1.89. The Morgan fingerprint density at radius 2 is 2.27 bits per heavy atom. The Labute approximate surface area is 70.4 Å². The first-order valence-electron chi connectivity index (χ1n) is 3.81. The number of thioether (sulfide) groups is 1. The van der Waals surface area contributed by atoms with E-state index in [9.17, 15) is 0 Å². The van der Waals surface area contributed by atoms with E-state index in [2.05, 4.69) is 17.1 Å². The quantitative estimate of drug-likeness (QED) is 0.590. The second kappa shape index (κ2) is 2.81. The van der Waals surface area contributed by atoms with Crippen LogP contribution in [-0.2, 0) is 0 Å². The molecule has 2 heterocycles. The standard InChI is InChI=1S/C8H10N2S/c1-6-2-3-11-8-5-10-9-4-7(6)8/h4-6H,2-3H2,1H3. The Bertz CT molecular complexity index is 262. The molecule has 0 saturated carbocycles. The van der Waals surface area contributed by atoms with Gasteiger partial charge in [-0.15, -0.1) is 11.8 Å². The number of hydrogen-bond donors (Lipinski definition) is 0. The molecule has 1 aliphatic heterocycles. The van der Waals surface area contributed by atoms with Crippen LogP contribution in [0.25, 0.3) is 0 Å². The Balaban J connectivity index is 2.44. The third kappa shape index (κ3) is 1.25. The van der Waals surface area contributed by atoms with E-state index in [-0.39, 0.29) is 0 Å². The van der Waals surface area contributed by atoms with E-state index in [0.29, 0.717) is 5.92 Å². The lowest BCUT2D eigenvalue weighted by Gasteiger charge is -2.19. The van der Waals surface area contributed by atoms with Gasteiger partial charge in [0.2, 0.25) is 0 Å². The number of rotatable bonds is 0. The zero-order valence-electron chi connectivity index (χ0n) is 6.45. The van der Waals surface area contributed by atoms with Crippen molar-refractivity contribution in [1.29, 1.82) is 0 Å². The molecule has 0 N–H and O–H groups in total. The zero-order valence-corrected chi connectivity index (χ0v) is 7.27. The van der Waals surface area contributed by atoms with E-state index < -0.39 is 0 Å². The number of aromatic nitrogens is 2. The van der Waals surface area contributed by atoms with Gasteiger partial charge in [0.25, 0.3) is 0 Å². The SMILES string of the molecule is CC1CCSc2cnncc21. The van der Waals surface area contributed by atoms with Gasteiger partial charge in [-0.2, -0.15) is 10.2 Å². The van der Waals surface area contributed by atoms with Gasteiger partial charge in [0.15, 0.2) is 0 Å². The highest BCUT2D eigenvalue weighted by Gasteiger charge is 2.16. The molecule has 0 amide bonds. The summed E-state index contributed by atoms with van der Waals surface area (Å²) in [6, 6.07) is 0. The molecule has 0 bridgehead atoms. The summed E-state index contributed by atoms with van der Waals surface area (Å²) >= 11 is 1.89. The first-order valence-corrected chi connectivity index (χ1v) is 4.80. The maximum Gasteiger partial charge on any atom is 0.0635 e. The van der Waals surface area contributed by atoms with Crippen LogP contribution < -0.4 is 0 Å². The van der Waals surface area contributed by atoms with Crippen molar-refractivity contribution >= 4 is 11.8 Å². The molecule has 2 nitrogen and oxygen atoms in total. The van der Waals surface area contributed by atoms with Crippen molar-refractivity contribution < 1.29 is 0 Å². The number of nitrogens with zero attached hydrogens (tertiary/aromatic N) is 2. The Morgan fingerprint density at radius 3 is 3.09 bits per heavy atom. The lowest BCUT2D eigenvalue weighted by atomic mass is 10.0. The lowest BCUT2D eigenvalue weighted by molar-refractivity contribution is 0.699. The van der Waals surface area contributed by atoms with E-state index in [1.165, 1.54) is 22.6 Å². The predicted octanol–water partition coefficient (Wildman–Crippen LogP) is 2.08. The normalized spacial score (nSPS) is 22.8. The van der Waals surface area contributed by atoms with Crippen LogP contribution in [0.2, 0.25) is 0 Å². The summed E-state index contributed by atoms with van der Waals surface area (Å²) in [5.41, 5.74) is 1.37. The highest BCUT2D eigenvalue weighted by atomic mass is 32.2. The molecule has 1 aromatic rings. The van der Waals surface area contributed by atoms with Crippen molar-refractivity contribution in [2.45, 2.75) is 24.2 Å². The van der Waals surface area contributed by atoms with Crippen LogP contribution in [0.1, 0.15) is 24.8 Å². The van der Waals surface area contributed by atoms with Crippen LogP contribution in [0.3, 0.4) is 0 Å². The summed E-state index contributed by atoms with van der Waals surface area (Å²) in [5, 5.41) is 7.75. The van der Waals surface area contributed by atoms with Crippen molar-refractivity contribution in [3.05, 3.63) is 18.0 Å². The Morgan fingerprint density at radius 1 is 1.45 bits per heavy atom. The van der Waals surface area contributed by atoms with Gasteiger partial charge in [0.05, 0.1) is 12.4 Å². The molecular formula is C8H10N2S. The molecule has 1 atom stereocenters. The van der Waals surface area contributed by atoms with E-state index in [1.54, 1.807) is 0 Å². The van der Waals surface area contributed by atoms with E-state index >= 15 is 0 Å². The molecule has 0 saturated heterocycles. The second-order valence-corrected chi connectivity index (χ2v) is 3.98. The summed E-state index contributed by atoms with van der Waals surface area (Å²) in [4.78, 5) is 1.32. The molecular weight excluding hydrogens is 156 g/mol. The van der Waals surface area contributed by atoms with Crippen LogP contribution in [0.4, 0.5) is 0 Å². The number of fused-ring (bicyclic) bond motifs is 1. The molecule has 1 unspecified atom stereocenters. The first kappa shape index (κ1) is 7.10. The summed E-state index contributed by atoms with van der Waals surface area (Å²) in [6.45, 7) is 2.25. The van der Waals surface area contributed by atoms with E-state index in [1.807, 2.05) is 24.2 Å². The van der Waals surface area contributed by atoms with Crippen molar-refractivity contribution in [2.75, 3.05) is 5.75 Å². The van der Waals surface area contributed by atoms with Crippen molar-refractivity contribution in [3.8, 4) is 0 Å². The van der Waals surface area contributed by atoms with Gasteiger partial charge in [0, 0.05) is 4.90 Å². The maximum atomic E-state index is 3.89. The maximum absolute atomic E-state index is 3.89. The zero-order chi connectivity index (χ0) is 7.68. The fraction of sp³-hybridized carbons (Fsp3) is 0.500. The van der Waals surface area contributed by atoms with Crippen LogP contribution in [0, 0.1) is 0 Å². The molecule has 3 heteroatoms. The summed E-state index contributed by atoms with van der Waals surface area (Å²) in [7, 11) is 0. The molecule has 0 aliphatic carbocycles. The molecule has 0 spiro atoms. The van der Waals surface area contributed by atoms with Gasteiger partial charge in [-0.1, -0.05) is 6.92 Å². The lowest BCUT2D eigenvalue weighted by Crippen LogP contribution is -2.04. The van der Waals surface area contributed by atoms with E-state index in [0.717, 1.165) is 0 Å². The molecule has 11 heavy (non-hydrogen) atoms. The minimum Gasteiger partial charge on any atom is -0.159 e. The average Bonchev–Trinajstić information content (AvgIpc) is 2.06. The van der Waals surface area contributed by atoms with Gasteiger partial charge < -0.3 is 0 Å². The predicted molar refractivity (Wildman–Crippen MR) is 45.8 cm³/mol. The largest absolute Gasteiger partial charge is 0.159 e. The van der Waals surface area contributed by atoms with Gasteiger partial charge in [-0.25, -0.2) is 0 Å². The fourth-order valence-corrected chi connectivity index (χ4v) is 2.54. The molecule has 0 fully saturated rings. The Kier molecular flexibility index (Phi) is 1.82. The van der Waals surface area contributed by atoms with E-state index in [4.69, 9.17) is 0 Å². The van der Waals surface area contributed by atoms with Gasteiger partial charge >= 0.3 is 0 Å². The van der Waals surface area contributed by atoms with Gasteiger partial charge in [-0.05, 0) is 23.7 Å². The molecule has 58 valence electrons. The molecule has 0 aromatic carbocycles. The molecule has 1 aromatic heterocycles. The van der Waals surface area contributed by atoms with Gasteiger partial charge in [-0.3, -0.25) is 0 Å². The van der Waals surface area contributed by atoms with Crippen LogP contribution in [-0.4, -0.2) is 16.0 Å². The summed E-state index contributed by atoms with van der Waals surface area (Å²) in [6.07, 6.45) is 5.03. The van der Waals surface area contributed by atoms with Gasteiger partial charge in [0.1, 0.15) is 0 Å². The third-order valence-corrected chi connectivity index (χ3v) is 3.15. The van der Waals surface area contributed by atoms with Crippen molar-refractivity contribution in [2.24, 2.45) is 0 Å². The fourth-order valence-electron chi connectivity index (χ4n) is 1.31. The minimum absolute atomic E-state index is 0.668. The molecule has 2 rings (SSSR count). The smallest absolute Gasteiger partial charge is 0.0635 e. The topological polar surface area (TPSA) is 25.8 Å². The minimum atomic E-state index is 0.668. The number of hydrogen-bond acceptors (Lipinski definition) is 3. The molecule has 0 radical (unpaired) electrons. The monoisotopic (exact) mass is 166 g/mol. The van der Waals surface area contributed by atoms with Crippen LogP contribution in [0.5, 0.6) is 0 Å². The van der Waals surface area contributed by atoms with Crippen LogP contribution >= 0.6 is 11.8 Å². The highest BCUT2D eigenvalue weighted by Crippen LogP contribution is 2.35.